The molecule has 28 heavy (non-hydrogen) atoms. The van der Waals surface area contributed by atoms with Crippen LogP contribution in [0.3, 0.4) is 0 Å². The van der Waals surface area contributed by atoms with Crippen LogP contribution in [0.25, 0.3) is 16.6 Å². The van der Waals surface area contributed by atoms with Crippen LogP contribution in [0, 0.1) is 5.82 Å². The maximum Gasteiger partial charge on any atom is 0.270 e. The molecule has 1 amide bonds. The first-order valence-electron chi connectivity index (χ1n) is 8.51. The van der Waals surface area contributed by atoms with Gasteiger partial charge in [-0.05, 0) is 49.2 Å². The number of phenolic OH excluding ortho intramolecular Hbond substituents is 1. The normalized spacial score (nSPS) is 13.3. The van der Waals surface area contributed by atoms with E-state index in [1.165, 1.54) is 52.6 Å². The van der Waals surface area contributed by atoms with E-state index in [0.29, 0.717) is 28.8 Å². The number of aromatic hydroxyl groups is 1. The second-order valence-corrected chi connectivity index (χ2v) is 8.69. The number of rotatable bonds is 5. The molecule has 1 atom stereocenters. The van der Waals surface area contributed by atoms with Gasteiger partial charge >= 0.3 is 0 Å². The van der Waals surface area contributed by atoms with Gasteiger partial charge in [-0.15, -0.1) is 0 Å². The third-order valence-electron chi connectivity index (χ3n) is 4.30. The summed E-state index contributed by atoms with van der Waals surface area (Å²) in [6, 6.07) is 8.52. The number of carbonyl (C=O) groups excluding carboxylic acids is 1. The first-order valence-corrected chi connectivity index (χ1v) is 10.6. The number of hydrogen-bond donors (Lipinski definition) is 2. The molecule has 2 N–H and O–H groups in total. The fourth-order valence-electron chi connectivity index (χ4n) is 3.07. The summed E-state index contributed by atoms with van der Waals surface area (Å²) in [5, 5.41) is 18.0. The second kappa shape index (κ2) is 7.16. The Kier molecular flexibility index (Phi) is 5.03. The lowest BCUT2D eigenvalue weighted by molar-refractivity contribution is 0.0957. The number of halogens is 1. The standard InChI is InChI=1S/C19H21FN4O3S/c1-5-23(28(3,4)27)16-11-15-14(10-17(16)25)18(19(26)21-2)24(22-15)13-8-6-12(20)7-9-13/h6-11,25H,3,5H2,1-2,4H3,(H,21,26). The van der Waals surface area contributed by atoms with Gasteiger partial charge < -0.3 is 10.4 Å². The molecule has 0 spiro atoms. The fraction of sp³-hybridized carbons (Fsp3) is 0.211. The van der Waals surface area contributed by atoms with E-state index in [2.05, 4.69) is 16.3 Å². The summed E-state index contributed by atoms with van der Waals surface area (Å²) in [6.45, 7) is 2.16. The lowest BCUT2D eigenvalue weighted by Crippen LogP contribution is -2.29. The molecule has 2 aromatic carbocycles. The minimum atomic E-state index is -2.62. The highest BCUT2D eigenvalue weighted by molar-refractivity contribution is 8.00. The lowest BCUT2D eigenvalue weighted by Gasteiger charge is -2.25. The Balaban J connectivity index is 2.31. The number of hydrogen-bond acceptors (Lipinski definition) is 4. The number of nitrogens with zero attached hydrogens (tertiary/aromatic N) is 3. The molecule has 0 saturated carbocycles. The molecular formula is C19H21FN4O3S. The van der Waals surface area contributed by atoms with Crippen LogP contribution in [0.1, 0.15) is 17.4 Å². The largest absolute Gasteiger partial charge is 0.506 e. The maximum absolute atomic E-state index is 13.3. The highest BCUT2D eigenvalue weighted by atomic mass is 32.2. The van der Waals surface area contributed by atoms with Crippen LogP contribution in [0.15, 0.2) is 36.4 Å². The van der Waals surface area contributed by atoms with Crippen molar-refractivity contribution in [2.24, 2.45) is 0 Å². The zero-order chi connectivity index (χ0) is 20.6. The summed E-state index contributed by atoms with van der Waals surface area (Å²) in [5.41, 5.74) is 1.41. The molecule has 1 unspecified atom stereocenters. The van der Waals surface area contributed by atoms with Crippen LogP contribution in [-0.4, -0.2) is 50.7 Å². The Labute approximate surface area is 162 Å². The van der Waals surface area contributed by atoms with Gasteiger partial charge in [0, 0.05) is 34.9 Å². The molecule has 9 heteroatoms. The van der Waals surface area contributed by atoms with E-state index in [4.69, 9.17) is 0 Å². The van der Waals surface area contributed by atoms with Crippen molar-refractivity contribution in [3.63, 3.8) is 0 Å². The Morgan fingerprint density at radius 1 is 1.36 bits per heavy atom. The van der Waals surface area contributed by atoms with Crippen molar-refractivity contribution < 1.29 is 18.5 Å². The quantitative estimate of drug-likeness (QED) is 0.639. The number of phenols is 1. The van der Waals surface area contributed by atoms with Crippen molar-refractivity contribution in [1.82, 2.24) is 15.1 Å². The number of carbonyl (C=O) groups is 1. The summed E-state index contributed by atoms with van der Waals surface area (Å²) in [7, 11) is -1.14. The van der Waals surface area contributed by atoms with Crippen LogP contribution in [0.4, 0.5) is 10.1 Å². The van der Waals surface area contributed by atoms with Gasteiger partial charge in [-0.3, -0.25) is 9.10 Å². The maximum atomic E-state index is 13.3. The van der Waals surface area contributed by atoms with E-state index >= 15 is 0 Å². The minimum absolute atomic E-state index is 0.142. The van der Waals surface area contributed by atoms with Crippen LogP contribution in [0.5, 0.6) is 5.75 Å². The molecule has 0 aliphatic heterocycles. The number of fused-ring (bicyclic) bond motifs is 1. The number of benzene rings is 2. The molecule has 148 valence electrons. The fourth-order valence-corrected chi connectivity index (χ4v) is 4.18. The molecule has 7 nitrogen and oxygen atoms in total. The summed E-state index contributed by atoms with van der Waals surface area (Å²) < 4.78 is 28.6. The predicted molar refractivity (Wildman–Crippen MR) is 110 cm³/mol. The molecule has 0 fully saturated rings. The van der Waals surface area contributed by atoms with Crippen molar-refractivity contribution in [3.8, 4) is 11.4 Å². The SMILES string of the molecule is C=S(C)(=O)N(CC)c1cc2nn(-c3ccc(F)cc3)c(C(=O)NC)c2cc1O. The molecule has 1 heterocycles. The van der Waals surface area contributed by atoms with Crippen LogP contribution in [0.2, 0.25) is 0 Å². The molecule has 0 bridgehead atoms. The summed E-state index contributed by atoms with van der Waals surface area (Å²) in [6.07, 6.45) is 1.48. The van der Waals surface area contributed by atoms with E-state index in [0.717, 1.165) is 0 Å². The average molecular weight is 404 g/mol. The average Bonchev–Trinajstić information content (AvgIpc) is 2.99. The second-order valence-electron chi connectivity index (χ2n) is 6.33. The third kappa shape index (κ3) is 3.40. The zero-order valence-electron chi connectivity index (χ0n) is 15.8. The molecule has 0 saturated heterocycles. The number of anilines is 1. The molecule has 3 aromatic rings. The molecule has 0 aliphatic carbocycles. The minimum Gasteiger partial charge on any atom is -0.506 e. The lowest BCUT2D eigenvalue weighted by atomic mass is 10.1. The molecular weight excluding hydrogens is 383 g/mol. The van der Waals surface area contributed by atoms with Crippen LogP contribution >= 0.6 is 0 Å². The molecule has 1 aromatic heterocycles. The number of nitrogens with one attached hydrogen (secondary N) is 1. The van der Waals surface area contributed by atoms with Gasteiger partial charge in [0.1, 0.15) is 17.3 Å². The van der Waals surface area contributed by atoms with Crippen LogP contribution < -0.4 is 9.62 Å². The predicted octanol–water partition coefficient (Wildman–Crippen LogP) is 2.32. The Morgan fingerprint density at radius 3 is 2.54 bits per heavy atom. The van der Waals surface area contributed by atoms with Gasteiger partial charge in [0.2, 0.25) is 0 Å². The summed E-state index contributed by atoms with van der Waals surface area (Å²) in [4.78, 5) is 12.5. The first kappa shape index (κ1) is 19.7. The van der Waals surface area contributed by atoms with E-state index in [9.17, 15) is 18.5 Å². The van der Waals surface area contributed by atoms with Crippen molar-refractivity contribution in [3.05, 3.63) is 47.9 Å². The molecule has 0 radical (unpaired) electrons. The Hall–Kier alpha value is -3.07. The van der Waals surface area contributed by atoms with E-state index < -0.39 is 21.4 Å². The van der Waals surface area contributed by atoms with Gasteiger partial charge in [-0.2, -0.15) is 5.10 Å². The van der Waals surface area contributed by atoms with Crippen molar-refractivity contribution in [2.45, 2.75) is 6.92 Å². The zero-order valence-corrected chi connectivity index (χ0v) is 16.6. The van der Waals surface area contributed by atoms with Gasteiger partial charge in [-0.25, -0.2) is 13.3 Å². The van der Waals surface area contributed by atoms with E-state index in [1.54, 1.807) is 13.0 Å². The third-order valence-corrected chi connectivity index (χ3v) is 5.69. The van der Waals surface area contributed by atoms with E-state index in [-0.39, 0.29) is 11.4 Å². The number of amides is 1. The first-order chi connectivity index (χ1) is 13.2. The van der Waals surface area contributed by atoms with Gasteiger partial charge in [0.25, 0.3) is 5.91 Å². The molecule has 0 aliphatic rings. The van der Waals surface area contributed by atoms with Crippen molar-refractivity contribution in [1.29, 1.82) is 0 Å². The topological polar surface area (TPSA) is 87.5 Å². The highest BCUT2D eigenvalue weighted by Gasteiger charge is 2.23. The van der Waals surface area contributed by atoms with Crippen molar-refractivity contribution in [2.75, 3.05) is 24.2 Å². The number of aromatic nitrogens is 2. The smallest absolute Gasteiger partial charge is 0.270 e. The summed E-state index contributed by atoms with van der Waals surface area (Å²) >= 11 is 0. The van der Waals surface area contributed by atoms with E-state index in [1.807, 2.05) is 0 Å². The Bertz CT molecular complexity index is 1150. The van der Waals surface area contributed by atoms with Gasteiger partial charge in [0.15, 0.2) is 0 Å². The monoisotopic (exact) mass is 404 g/mol. The van der Waals surface area contributed by atoms with Crippen molar-refractivity contribution >= 4 is 38.1 Å². The highest BCUT2D eigenvalue weighted by Crippen LogP contribution is 2.35. The van der Waals surface area contributed by atoms with Crippen LogP contribution in [-0.2, 0) is 9.71 Å². The summed E-state index contributed by atoms with van der Waals surface area (Å²) in [5.74, 6) is 2.71. The van der Waals surface area contributed by atoms with Gasteiger partial charge in [0.05, 0.1) is 16.9 Å². The van der Waals surface area contributed by atoms with Gasteiger partial charge in [-0.1, -0.05) is 0 Å². The Morgan fingerprint density at radius 2 is 2.00 bits per heavy atom. The molecule has 3 rings (SSSR count).